The zero-order valence-electron chi connectivity index (χ0n) is 14.8. The van der Waals surface area contributed by atoms with E-state index in [2.05, 4.69) is 11.6 Å². The molecule has 1 saturated heterocycles. The van der Waals surface area contributed by atoms with Crippen molar-refractivity contribution in [1.82, 2.24) is 9.62 Å². The lowest BCUT2D eigenvalue weighted by Crippen LogP contribution is -2.41. The van der Waals surface area contributed by atoms with Gasteiger partial charge in [-0.1, -0.05) is 37.3 Å². The van der Waals surface area contributed by atoms with E-state index >= 15 is 0 Å². The van der Waals surface area contributed by atoms with Crippen molar-refractivity contribution in [3.05, 3.63) is 41.3 Å². The molecule has 142 valence electrons. The number of piperidine rings is 1. The molecule has 0 bridgehead atoms. The largest absolute Gasteiger partial charge is 0.455 e. The molecular weight excluding hydrogens is 356 g/mol. The zero-order chi connectivity index (χ0) is 19.0. The number of nitrogens with one attached hydrogen (secondary N) is 1. The highest BCUT2D eigenvalue weighted by Gasteiger charge is 2.21. The second-order valence-corrected chi connectivity index (χ2v) is 7.95. The third-order valence-electron chi connectivity index (χ3n) is 4.15. The van der Waals surface area contributed by atoms with E-state index in [9.17, 15) is 18.0 Å². The number of hydrogen-bond acceptors (Lipinski definition) is 5. The van der Waals surface area contributed by atoms with E-state index in [0.717, 1.165) is 23.8 Å². The highest BCUT2D eigenvalue weighted by atomic mass is 32.2. The van der Waals surface area contributed by atoms with Gasteiger partial charge < -0.3 is 9.64 Å². The molecule has 0 aromatic heterocycles. The van der Waals surface area contributed by atoms with E-state index < -0.39 is 22.5 Å². The van der Waals surface area contributed by atoms with Crippen LogP contribution in [0, 0.1) is 5.92 Å². The Balaban J connectivity index is 1.72. The summed E-state index contributed by atoms with van der Waals surface area (Å²) in [7, 11) is -3.77. The highest BCUT2D eigenvalue weighted by molar-refractivity contribution is 7.92. The predicted molar refractivity (Wildman–Crippen MR) is 98.3 cm³/mol. The summed E-state index contributed by atoms with van der Waals surface area (Å²) < 4.78 is 30.7. The SMILES string of the molecule is CC1CCN(C(=O)COC(=O)CNS(=O)(=O)/C=C/c2ccccc2)CC1. The summed E-state index contributed by atoms with van der Waals surface area (Å²) in [6.07, 6.45) is 3.30. The van der Waals surface area contributed by atoms with Crippen molar-refractivity contribution in [2.45, 2.75) is 19.8 Å². The first kappa shape index (κ1) is 20.1. The summed E-state index contributed by atoms with van der Waals surface area (Å²) in [5.41, 5.74) is 0.724. The van der Waals surface area contributed by atoms with Crippen molar-refractivity contribution in [2.75, 3.05) is 26.2 Å². The Bertz CT molecular complexity index is 738. The molecule has 26 heavy (non-hydrogen) atoms. The van der Waals surface area contributed by atoms with Gasteiger partial charge in [0.05, 0.1) is 0 Å². The fourth-order valence-corrected chi connectivity index (χ4v) is 3.23. The lowest BCUT2D eigenvalue weighted by molar-refractivity contribution is -0.151. The molecule has 1 amide bonds. The molecule has 1 aliphatic rings. The molecule has 0 radical (unpaired) electrons. The van der Waals surface area contributed by atoms with Crippen LogP contribution in [0.15, 0.2) is 35.7 Å². The Morgan fingerprint density at radius 2 is 1.88 bits per heavy atom. The minimum absolute atomic E-state index is 0.253. The fourth-order valence-electron chi connectivity index (χ4n) is 2.48. The Morgan fingerprint density at radius 3 is 2.54 bits per heavy atom. The van der Waals surface area contributed by atoms with Crippen molar-refractivity contribution >= 4 is 28.0 Å². The van der Waals surface area contributed by atoms with Gasteiger partial charge in [-0.05, 0) is 30.4 Å². The maximum Gasteiger partial charge on any atom is 0.321 e. The minimum atomic E-state index is -3.77. The summed E-state index contributed by atoms with van der Waals surface area (Å²) >= 11 is 0. The van der Waals surface area contributed by atoms with Crippen molar-refractivity contribution in [2.24, 2.45) is 5.92 Å². The number of amides is 1. The van der Waals surface area contributed by atoms with Crippen LogP contribution in [0.5, 0.6) is 0 Å². The minimum Gasteiger partial charge on any atom is -0.455 e. The number of carbonyl (C=O) groups excluding carboxylic acids is 2. The number of hydrogen-bond donors (Lipinski definition) is 1. The van der Waals surface area contributed by atoms with Gasteiger partial charge in [0.25, 0.3) is 5.91 Å². The third kappa shape index (κ3) is 6.97. The van der Waals surface area contributed by atoms with Crippen LogP contribution in [0.3, 0.4) is 0 Å². The van der Waals surface area contributed by atoms with Gasteiger partial charge in [0.15, 0.2) is 6.61 Å². The molecule has 0 spiro atoms. The number of esters is 1. The molecule has 1 aromatic rings. The molecule has 7 nitrogen and oxygen atoms in total. The quantitative estimate of drug-likeness (QED) is 0.722. The van der Waals surface area contributed by atoms with E-state index in [1.165, 1.54) is 6.08 Å². The Morgan fingerprint density at radius 1 is 1.23 bits per heavy atom. The average molecular weight is 380 g/mol. The Kier molecular flexibility index (Phi) is 7.35. The van der Waals surface area contributed by atoms with E-state index in [4.69, 9.17) is 4.74 Å². The number of rotatable bonds is 7. The van der Waals surface area contributed by atoms with Gasteiger partial charge in [-0.3, -0.25) is 9.59 Å². The molecule has 1 aliphatic heterocycles. The summed E-state index contributed by atoms with van der Waals surface area (Å²) in [5, 5.41) is 0.982. The molecule has 0 atom stereocenters. The second-order valence-electron chi connectivity index (χ2n) is 6.30. The van der Waals surface area contributed by atoms with Crippen LogP contribution in [0.2, 0.25) is 0 Å². The molecule has 2 rings (SSSR count). The van der Waals surface area contributed by atoms with E-state index in [1.807, 2.05) is 6.07 Å². The number of sulfonamides is 1. The van der Waals surface area contributed by atoms with Gasteiger partial charge in [0.1, 0.15) is 6.54 Å². The smallest absolute Gasteiger partial charge is 0.321 e. The lowest BCUT2D eigenvalue weighted by atomic mass is 9.99. The monoisotopic (exact) mass is 380 g/mol. The van der Waals surface area contributed by atoms with Gasteiger partial charge in [0, 0.05) is 18.5 Å². The van der Waals surface area contributed by atoms with Gasteiger partial charge in [-0.25, -0.2) is 13.1 Å². The summed E-state index contributed by atoms with van der Waals surface area (Å²) in [4.78, 5) is 25.3. The third-order valence-corrected chi connectivity index (χ3v) is 5.19. The molecule has 0 saturated carbocycles. The number of nitrogens with zero attached hydrogens (tertiary/aromatic N) is 1. The van der Waals surface area contributed by atoms with Crippen LogP contribution >= 0.6 is 0 Å². The number of benzene rings is 1. The van der Waals surface area contributed by atoms with Crippen LogP contribution in [0.25, 0.3) is 6.08 Å². The van der Waals surface area contributed by atoms with Crippen molar-refractivity contribution in [3.63, 3.8) is 0 Å². The maximum absolute atomic E-state index is 12.0. The van der Waals surface area contributed by atoms with E-state index in [0.29, 0.717) is 19.0 Å². The number of likely N-dealkylation sites (tertiary alicyclic amines) is 1. The van der Waals surface area contributed by atoms with Gasteiger partial charge in [-0.15, -0.1) is 0 Å². The molecular formula is C18H24N2O5S. The molecule has 1 N–H and O–H groups in total. The fraction of sp³-hybridized carbons (Fsp3) is 0.444. The van der Waals surface area contributed by atoms with Crippen molar-refractivity contribution < 1.29 is 22.7 Å². The van der Waals surface area contributed by atoms with Gasteiger partial charge >= 0.3 is 5.97 Å². The van der Waals surface area contributed by atoms with Crippen LogP contribution in [0.1, 0.15) is 25.3 Å². The first-order valence-corrected chi connectivity index (χ1v) is 10.1. The van der Waals surface area contributed by atoms with Crippen LogP contribution in [0.4, 0.5) is 0 Å². The van der Waals surface area contributed by atoms with Crippen LogP contribution in [-0.2, 0) is 24.3 Å². The van der Waals surface area contributed by atoms with E-state index in [-0.39, 0.29) is 12.5 Å². The van der Waals surface area contributed by atoms with Gasteiger partial charge in [0.2, 0.25) is 10.0 Å². The van der Waals surface area contributed by atoms with Crippen molar-refractivity contribution in [3.8, 4) is 0 Å². The lowest BCUT2D eigenvalue weighted by Gasteiger charge is -2.30. The first-order chi connectivity index (χ1) is 12.4. The number of ether oxygens (including phenoxy) is 1. The van der Waals surface area contributed by atoms with Gasteiger partial charge in [-0.2, -0.15) is 0 Å². The zero-order valence-corrected chi connectivity index (χ0v) is 15.6. The normalized spacial score (nSPS) is 16.0. The first-order valence-electron chi connectivity index (χ1n) is 8.52. The molecule has 8 heteroatoms. The topological polar surface area (TPSA) is 92.8 Å². The number of carbonyl (C=O) groups is 2. The Hall–Kier alpha value is -2.19. The predicted octanol–water partition coefficient (Wildman–Crippen LogP) is 1.38. The van der Waals surface area contributed by atoms with Crippen LogP contribution < -0.4 is 4.72 Å². The Labute approximate surface area is 154 Å². The molecule has 0 aliphatic carbocycles. The summed E-state index contributed by atoms with van der Waals surface area (Å²) in [6.45, 7) is 2.57. The van der Waals surface area contributed by atoms with Crippen molar-refractivity contribution in [1.29, 1.82) is 0 Å². The summed E-state index contributed by atoms with van der Waals surface area (Å²) in [5.74, 6) is -0.447. The molecule has 1 fully saturated rings. The molecule has 1 heterocycles. The standard InChI is InChI=1S/C18H24N2O5S/c1-15-7-10-20(11-8-15)17(21)14-25-18(22)13-19-26(23,24)12-9-16-5-3-2-4-6-16/h2-6,9,12,15,19H,7-8,10-11,13-14H2,1H3/b12-9+. The highest BCUT2D eigenvalue weighted by Crippen LogP contribution is 2.15. The second kappa shape index (κ2) is 9.49. The average Bonchev–Trinajstić information content (AvgIpc) is 2.64. The summed E-state index contributed by atoms with van der Waals surface area (Å²) in [6, 6.07) is 8.92. The molecule has 0 unspecified atom stereocenters. The van der Waals surface area contributed by atoms with E-state index in [1.54, 1.807) is 29.2 Å². The van der Waals surface area contributed by atoms with Crippen LogP contribution in [-0.4, -0.2) is 51.4 Å². The molecule has 1 aromatic carbocycles. The maximum atomic E-state index is 12.0.